The van der Waals surface area contributed by atoms with Crippen LogP contribution in [0.1, 0.15) is 39.5 Å². The molecule has 1 aliphatic carbocycles. The third kappa shape index (κ3) is 3.19. The van der Waals surface area contributed by atoms with E-state index < -0.39 is 0 Å². The third-order valence-electron chi connectivity index (χ3n) is 4.10. The first-order valence-electron chi connectivity index (χ1n) is 6.79. The number of nitrogens with two attached hydrogens (primary N) is 1. The lowest BCUT2D eigenvalue weighted by atomic mass is 10.0. The number of rotatable bonds is 6. The highest BCUT2D eigenvalue weighted by molar-refractivity contribution is 4.86. The van der Waals surface area contributed by atoms with E-state index >= 15 is 0 Å². The first kappa shape index (κ1) is 12.3. The smallest absolute Gasteiger partial charge is 0.0744 e. The summed E-state index contributed by atoms with van der Waals surface area (Å²) in [5.41, 5.74) is 5.83. The topological polar surface area (TPSA) is 47.3 Å². The van der Waals surface area contributed by atoms with Gasteiger partial charge in [-0.25, -0.2) is 0 Å². The summed E-state index contributed by atoms with van der Waals surface area (Å²) in [5, 5.41) is 3.60. The molecule has 94 valence electrons. The van der Waals surface area contributed by atoms with E-state index in [9.17, 15) is 0 Å². The maximum Gasteiger partial charge on any atom is 0.0744 e. The fourth-order valence-electron chi connectivity index (χ4n) is 2.67. The minimum absolute atomic E-state index is 0.339. The van der Waals surface area contributed by atoms with Crippen molar-refractivity contribution in [2.45, 2.75) is 57.8 Å². The molecule has 0 radical (unpaired) electrons. The van der Waals surface area contributed by atoms with Crippen molar-refractivity contribution < 1.29 is 4.74 Å². The van der Waals surface area contributed by atoms with Crippen molar-refractivity contribution in [1.82, 2.24) is 5.32 Å². The molecule has 3 nitrogen and oxygen atoms in total. The Kier molecular flexibility index (Phi) is 4.22. The number of hydrogen-bond acceptors (Lipinski definition) is 3. The number of nitrogens with one attached hydrogen (secondary N) is 1. The highest BCUT2D eigenvalue weighted by atomic mass is 16.5. The molecule has 0 aromatic carbocycles. The molecule has 1 saturated carbocycles. The van der Waals surface area contributed by atoms with Gasteiger partial charge in [-0.15, -0.1) is 0 Å². The molecule has 1 heterocycles. The number of hydrogen-bond donors (Lipinski definition) is 2. The first-order valence-corrected chi connectivity index (χ1v) is 6.79. The van der Waals surface area contributed by atoms with Crippen LogP contribution in [0.3, 0.4) is 0 Å². The maximum absolute atomic E-state index is 5.88. The van der Waals surface area contributed by atoms with E-state index in [0.29, 0.717) is 24.8 Å². The summed E-state index contributed by atoms with van der Waals surface area (Å²) in [6, 6.07) is 0.353. The van der Waals surface area contributed by atoms with Crippen LogP contribution in [0.25, 0.3) is 0 Å². The summed E-state index contributed by atoms with van der Waals surface area (Å²) in [6.45, 7) is 6.28. The SMILES string of the molecule is CC1CCC(C(CN)NCC(C)C2CC2)O1. The van der Waals surface area contributed by atoms with Crippen LogP contribution in [0.5, 0.6) is 0 Å². The van der Waals surface area contributed by atoms with E-state index in [0.717, 1.165) is 24.8 Å². The molecule has 3 heteroatoms. The lowest BCUT2D eigenvalue weighted by molar-refractivity contribution is 0.0330. The van der Waals surface area contributed by atoms with E-state index in [2.05, 4.69) is 19.2 Å². The van der Waals surface area contributed by atoms with Gasteiger partial charge in [-0.1, -0.05) is 6.92 Å². The van der Waals surface area contributed by atoms with Crippen molar-refractivity contribution in [2.24, 2.45) is 17.6 Å². The summed E-state index contributed by atoms with van der Waals surface area (Å²) in [5.74, 6) is 1.77. The second-order valence-corrected chi connectivity index (χ2v) is 5.63. The van der Waals surface area contributed by atoms with Gasteiger partial charge < -0.3 is 15.8 Å². The van der Waals surface area contributed by atoms with Gasteiger partial charge in [-0.2, -0.15) is 0 Å². The van der Waals surface area contributed by atoms with Crippen molar-refractivity contribution in [2.75, 3.05) is 13.1 Å². The highest BCUT2D eigenvalue weighted by Crippen LogP contribution is 2.36. The van der Waals surface area contributed by atoms with E-state index in [4.69, 9.17) is 10.5 Å². The average Bonchev–Trinajstić information content (AvgIpc) is 3.03. The standard InChI is InChI=1S/C13H26N2O/c1-9(11-4-5-11)8-15-12(7-14)13-6-3-10(2)16-13/h9-13,15H,3-8,14H2,1-2H3. The zero-order chi connectivity index (χ0) is 11.5. The molecule has 3 N–H and O–H groups in total. The average molecular weight is 226 g/mol. The third-order valence-corrected chi connectivity index (χ3v) is 4.10. The molecule has 0 aromatic rings. The number of ether oxygens (including phenoxy) is 1. The molecule has 0 bridgehead atoms. The Morgan fingerprint density at radius 1 is 1.31 bits per heavy atom. The second kappa shape index (κ2) is 5.48. The van der Waals surface area contributed by atoms with Crippen LogP contribution in [0, 0.1) is 11.8 Å². The van der Waals surface area contributed by atoms with E-state index in [1.165, 1.54) is 19.3 Å². The van der Waals surface area contributed by atoms with Gasteiger partial charge >= 0.3 is 0 Å². The minimum Gasteiger partial charge on any atom is -0.374 e. The van der Waals surface area contributed by atoms with Crippen molar-refractivity contribution in [3.63, 3.8) is 0 Å². The summed E-state index contributed by atoms with van der Waals surface area (Å²) < 4.78 is 5.88. The molecule has 1 aliphatic heterocycles. The predicted octanol–water partition coefficient (Wildman–Crippen LogP) is 1.52. The quantitative estimate of drug-likeness (QED) is 0.722. The lowest BCUT2D eigenvalue weighted by Gasteiger charge is -2.25. The van der Waals surface area contributed by atoms with Gasteiger partial charge in [0.15, 0.2) is 0 Å². The summed E-state index contributed by atoms with van der Waals surface area (Å²) in [7, 11) is 0. The second-order valence-electron chi connectivity index (χ2n) is 5.63. The first-order chi connectivity index (χ1) is 7.70. The van der Waals surface area contributed by atoms with Crippen molar-refractivity contribution >= 4 is 0 Å². The molecule has 4 unspecified atom stereocenters. The fraction of sp³-hybridized carbons (Fsp3) is 1.00. The lowest BCUT2D eigenvalue weighted by Crippen LogP contribution is -2.47. The van der Waals surface area contributed by atoms with E-state index in [1.807, 2.05) is 0 Å². The minimum atomic E-state index is 0.339. The molecule has 2 fully saturated rings. The summed E-state index contributed by atoms with van der Waals surface area (Å²) >= 11 is 0. The van der Waals surface area contributed by atoms with Gasteiger partial charge in [0, 0.05) is 12.6 Å². The molecule has 2 aliphatic rings. The Bertz CT molecular complexity index is 218. The van der Waals surface area contributed by atoms with Crippen LogP contribution < -0.4 is 11.1 Å². The van der Waals surface area contributed by atoms with Crippen LogP contribution >= 0.6 is 0 Å². The van der Waals surface area contributed by atoms with Crippen LogP contribution in [0.2, 0.25) is 0 Å². The fourth-order valence-corrected chi connectivity index (χ4v) is 2.67. The molecule has 4 atom stereocenters. The van der Waals surface area contributed by atoms with Crippen molar-refractivity contribution in [1.29, 1.82) is 0 Å². The van der Waals surface area contributed by atoms with E-state index in [1.54, 1.807) is 0 Å². The molecular weight excluding hydrogens is 200 g/mol. The van der Waals surface area contributed by atoms with Crippen LogP contribution in [0.4, 0.5) is 0 Å². The molecule has 0 aromatic heterocycles. The van der Waals surface area contributed by atoms with Crippen LogP contribution in [0.15, 0.2) is 0 Å². The molecule has 0 amide bonds. The zero-order valence-electron chi connectivity index (χ0n) is 10.6. The Balaban J connectivity index is 1.71. The monoisotopic (exact) mass is 226 g/mol. The van der Waals surface area contributed by atoms with E-state index in [-0.39, 0.29) is 0 Å². The largest absolute Gasteiger partial charge is 0.374 e. The van der Waals surface area contributed by atoms with Crippen molar-refractivity contribution in [3.05, 3.63) is 0 Å². The normalized spacial score (nSPS) is 33.9. The molecule has 0 spiro atoms. The van der Waals surface area contributed by atoms with Gasteiger partial charge in [-0.05, 0) is 51.0 Å². The van der Waals surface area contributed by atoms with Gasteiger partial charge in [0.1, 0.15) is 0 Å². The van der Waals surface area contributed by atoms with Gasteiger partial charge in [-0.3, -0.25) is 0 Å². The molecule has 2 rings (SSSR count). The Hall–Kier alpha value is -0.120. The summed E-state index contributed by atoms with van der Waals surface area (Å²) in [4.78, 5) is 0. The maximum atomic E-state index is 5.88. The van der Waals surface area contributed by atoms with Crippen LogP contribution in [-0.2, 0) is 4.74 Å². The highest BCUT2D eigenvalue weighted by Gasteiger charge is 2.31. The predicted molar refractivity (Wildman–Crippen MR) is 66.3 cm³/mol. The molecular formula is C13H26N2O. The zero-order valence-corrected chi connectivity index (χ0v) is 10.6. The summed E-state index contributed by atoms with van der Waals surface area (Å²) in [6.07, 6.45) is 5.95. The van der Waals surface area contributed by atoms with Gasteiger partial charge in [0.05, 0.1) is 12.2 Å². The Labute approximate surface area is 99.1 Å². The van der Waals surface area contributed by atoms with Gasteiger partial charge in [0.25, 0.3) is 0 Å². The Morgan fingerprint density at radius 2 is 2.06 bits per heavy atom. The van der Waals surface area contributed by atoms with Crippen LogP contribution in [-0.4, -0.2) is 31.3 Å². The van der Waals surface area contributed by atoms with Gasteiger partial charge in [0.2, 0.25) is 0 Å². The van der Waals surface area contributed by atoms with Crippen molar-refractivity contribution in [3.8, 4) is 0 Å². The molecule has 1 saturated heterocycles. The molecule has 16 heavy (non-hydrogen) atoms. The Morgan fingerprint density at radius 3 is 2.56 bits per heavy atom.